The minimum absolute atomic E-state index is 0.544. The lowest BCUT2D eigenvalue weighted by Crippen LogP contribution is -2.29. The average molecular weight is 547 g/mol. The maximum absolute atomic E-state index is 8.74. The molecule has 0 aliphatic heterocycles. The molecule has 4 aromatic carbocycles. The molecule has 0 atom stereocenters. The van der Waals surface area contributed by atoms with E-state index in [0.717, 1.165) is 29.3 Å². The third kappa shape index (κ3) is 7.54. The van der Waals surface area contributed by atoms with Gasteiger partial charge in [-0.05, 0) is 52.3 Å². The maximum atomic E-state index is 8.74. The minimum Gasteiger partial charge on any atom is -0.423 e. The lowest BCUT2D eigenvalue weighted by atomic mass is 9.80. The van der Waals surface area contributed by atoms with Crippen molar-refractivity contribution in [3.8, 4) is 11.3 Å². The van der Waals surface area contributed by atoms with Crippen molar-refractivity contribution >= 4 is 45.7 Å². The van der Waals surface area contributed by atoms with E-state index in [1.807, 2.05) is 48.7 Å². The van der Waals surface area contributed by atoms with E-state index in [9.17, 15) is 0 Å². The number of nitrogens with zero attached hydrogens (tertiary/aromatic N) is 2. The van der Waals surface area contributed by atoms with Gasteiger partial charge in [-0.1, -0.05) is 123 Å². The van der Waals surface area contributed by atoms with Crippen LogP contribution in [0, 0.1) is 0 Å². The van der Waals surface area contributed by atoms with E-state index in [1.165, 1.54) is 27.5 Å². The van der Waals surface area contributed by atoms with Gasteiger partial charge in [0.15, 0.2) is 0 Å². The lowest BCUT2D eigenvalue weighted by Gasteiger charge is -2.06. The third-order valence-corrected chi connectivity index (χ3v) is 6.92. The highest BCUT2D eigenvalue weighted by molar-refractivity contribution is 6.58. The Kier molecular flexibility index (Phi) is 10.4. The summed E-state index contributed by atoms with van der Waals surface area (Å²) in [6.07, 6.45) is 5.64. The van der Waals surface area contributed by atoms with Gasteiger partial charge in [-0.25, -0.2) is 4.98 Å². The number of hydrogen-bond donors (Lipinski definition) is 2. The van der Waals surface area contributed by atoms with Gasteiger partial charge in [0.05, 0.1) is 5.69 Å². The molecule has 0 saturated carbocycles. The van der Waals surface area contributed by atoms with Crippen LogP contribution >= 0.6 is 11.6 Å². The standard InChI is InChI=1S/C17H15N.C9H6ClN.C8H11BO2/c1-2-13-7-9-15(10-8-13)17-16-6-4-3-5-14(16)11-12-18-17;10-9-8-4-2-1-3-7(8)5-6-11-9;1-2-7-3-5-8(6-4-7)9(10)11/h3-12H,2H2,1H3;1-6H;3-6,10-11H,2H2,1H3. The van der Waals surface area contributed by atoms with Crippen LogP contribution in [0.3, 0.4) is 0 Å². The van der Waals surface area contributed by atoms with Crippen molar-refractivity contribution in [2.45, 2.75) is 26.7 Å². The fourth-order valence-corrected chi connectivity index (χ4v) is 4.48. The minimum atomic E-state index is -1.35. The number of hydrogen-bond acceptors (Lipinski definition) is 4. The van der Waals surface area contributed by atoms with E-state index in [2.05, 4.69) is 78.4 Å². The van der Waals surface area contributed by atoms with Crippen LogP contribution in [0.15, 0.2) is 122 Å². The Balaban J connectivity index is 0.000000146. The predicted octanol–water partition coefficient (Wildman–Crippen LogP) is 7.28. The van der Waals surface area contributed by atoms with Gasteiger partial charge in [-0.15, -0.1) is 0 Å². The second-order valence-corrected chi connectivity index (χ2v) is 9.58. The molecule has 6 heteroatoms. The van der Waals surface area contributed by atoms with E-state index in [4.69, 9.17) is 21.6 Å². The van der Waals surface area contributed by atoms with Crippen molar-refractivity contribution < 1.29 is 10.0 Å². The molecule has 0 fully saturated rings. The molecule has 2 heterocycles. The largest absolute Gasteiger partial charge is 0.488 e. The Bertz CT molecular complexity index is 1650. The summed E-state index contributed by atoms with van der Waals surface area (Å²) in [5.74, 6) is 0. The van der Waals surface area contributed by atoms with E-state index in [0.29, 0.717) is 10.6 Å². The highest BCUT2D eigenvalue weighted by Gasteiger charge is 2.09. The quantitative estimate of drug-likeness (QED) is 0.180. The van der Waals surface area contributed by atoms with Crippen LogP contribution in [-0.2, 0) is 12.8 Å². The van der Waals surface area contributed by atoms with E-state index >= 15 is 0 Å². The maximum Gasteiger partial charge on any atom is 0.488 e. The summed E-state index contributed by atoms with van der Waals surface area (Å²) in [5.41, 5.74) is 5.36. The first-order valence-electron chi connectivity index (χ1n) is 13.4. The second kappa shape index (κ2) is 14.4. The summed E-state index contributed by atoms with van der Waals surface area (Å²) in [4.78, 5) is 8.51. The Morgan fingerprint density at radius 2 is 1.10 bits per heavy atom. The van der Waals surface area contributed by atoms with Crippen LogP contribution in [0.4, 0.5) is 0 Å². The number of halogens is 1. The van der Waals surface area contributed by atoms with E-state index in [-0.39, 0.29) is 0 Å². The Hall–Kier alpha value is -4.03. The number of aryl methyl sites for hydroxylation is 2. The summed E-state index contributed by atoms with van der Waals surface area (Å²) in [6, 6.07) is 36.2. The van der Waals surface area contributed by atoms with Crippen LogP contribution in [0.2, 0.25) is 5.15 Å². The molecular weight excluding hydrogens is 515 g/mol. The first kappa shape index (κ1) is 29.0. The SMILES string of the molecule is CCc1ccc(-c2nccc3ccccc23)cc1.CCc1ccc(B(O)O)cc1.Clc1nccc2ccccc12. The fourth-order valence-electron chi connectivity index (χ4n) is 4.26. The molecule has 0 radical (unpaired) electrons. The predicted molar refractivity (Wildman–Crippen MR) is 169 cm³/mol. The summed E-state index contributed by atoms with van der Waals surface area (Å²) in [6.45, 7) is 4.23. The van der Waals surface area contributed by atoms with E-state index in [1.54, 1.807) is 18.3 Å². The molecule has 6 rings (SSSR count). The Morgan fingerprint density at radius 1 is 0.600 bits per heavy atom. The highest BCUT2D eigenvalue weighted by atomic mass is 35.5. The molecule has 0 bridgehead atoms. The zero-order valence-corrected chi connectivity index (χ0v) is 23.5. The van der Waals surface area contributed by atoms with Gasteiger partial charge in [0.1, 0.15) is 5.15 Å². The number of fused-ring (bicyclic) bond motifs is 2. The number of rotatable bonds is 4. The smallest absolute Gasteiger partial charge is 0.423 e. The average Bonchev–Trinajstić information content (AvgIpc) is 3.02. The molecule has 2 N–H and O–H groups in total. The molecule has 0 unspecified atom stereocenters. The molecule has 200 valence electrons. The normalized spacial score (nSPS) is 10.3. The molecule has 2 aromatic heterocycles. The fraction of sp³-hybridized carbons (Fsp3) is 0.118. The van der Waals surface area contributed by atoms with Crippen LogP contribution < -0.4 is 5.46 Å². The second-order valence-electron chi connectivity index (χ2n) is 9.22. The molecule has 0 saturated heterocycles. The molecule has 0 aliphatic carbocycles. The van der Waals surface area contributed by atoms with Crippen LogP contribution in [0.5, 0.6) is 0 Å². The Labute approximate surface area is 241 Å². The lowest BCUT2D eigenvalue weighted by molar-refractivity contribution is 0.426. The van der Waals surface area contributed by atoms with Crippen molar-refractivity contribution in [1.82, 2.24) is 9.97 Å². The number of benzene rings is 4. The van der Waals surface area contributed by atoms with Crippen LogP contribution in [-0.4, -0.2) is 27.1 Å². The molecule has 40 heavy (non-hydrogen) atoms. The van der Waals surface area contributed by atoms with Gasteiger partial charge in [0, 0.05) is 28.7 Å². The number of aromatic nitrogens is 2. The Morgan fingerprint density at radius 3 is 1.65 bits per heavy atom. The van der Waals surface area contributed by atoms with Gasteiger partial charge >= 0.3 is 7.12 Å². The zero-order chi connectivity index (χ0) is 28.3. The summed E-state index contributed by atoms with van der Waals surface area (Å²) >= 11 is 5.85. The molecule has 0 amide bonds. The van der Waals surface area contributed by atoms with Crippen molar-refractivity contribution in [3.63, 3.8) is 0 Å². The van der Waals surface area contributed by atoms with Crippen molar-refractivity contribution in [2.75, 3.05) is 0 Å². The summed E-state index contributed by atoms with van der Waals surface area (Å²) in [5, 5.41) is 22.7. The molecule has 4 nitrogen and oxygen atoms in total. The first-order valence-corrected chi connectivity index (χ1v) is 13.7. The van der Waals surface area contributed by atoms with Gasteiger partial charge in [0.2, 0.25) is 0 Å². The topological polar surface area (TPSA) is 66.2 Å². The summed E-state index contributed by atoms with van der Waals surface area (Å²) in [7, 11) is -1.35. The zero-order valence-electron chi connectivity index (χ0n) is 22.7. The van der Waals surface area contributed by atoms with Crippen LogP contribution in [0.25, 0.3) is 32.8 Å². The molecule has 0 aliphatic rings. The molecule has 0 spiro atoms. The van der Waals surface area contributed by atoms with Gasteiger partial charge in [-0.3, -0.25) is 4.98 Å². The van der Waals surface area contributed by atoms with Crippen molar-refractivity contribution in [2.24, 2.45) is 0 Å². The molecular formula is C34H32BClN2O2. The highest BCUT2D eigenvalue weighted by Crippen LogP contribution is 2.26. The van der Waals surface area contributed by atoms with Gasteiger partial charge in [-0.2, -0.15) is 0 Å². The van der Waals surface area contributed by atoms with E-state index < -0.39 is 7.12 Å². The third-order valence-electron chi connectivity index (χ3n) is 6.62. The monoisotopic (exact) mass is 546 g/mol. The first-order chi connectivity index (χ1) is 19.5. The van der Waals surface area contributed by atoms with Crippen LogP contribution in [0.1, 0.15) is 25.0 Å². The number of pyridine rings is 2. The summed E-state index contributed by atoms with van der Waals surface area (Å²) < 4.78 is 0. The molecule has 6 aromatic rings. The van der Waals surface area contributed by atoms with Crippen molar-refractivity contribution in [1.29, 1.82) is 0 Å². The van der Waals surface area contributed by atoms with Crippen molar-refractivity contribution in [3.05, 3.63) is 138 Å². The van der Waals surface area contributed by atoms with Gasteiger partial charge < -0.3 is 10.0 Å². The van der Waals surface area contributed by atoms with Gasteiger partial charge in [0.25, 0.3) is 0 Å².